The second-order valence-electron chi connectivity index (χ2n) is 3.45. The maximum Gasteiger partial charge on any atom is 0.322 e. The van der Waals surface area contributed by atoms with Crippen LogP contribution in [0.15, 0.2) is 18.2 Å². The SMILES string of the molecule is Cc1cc(C)cc(C(=O)NCC(=O)O)c1. The Bertz CT molecular complexity index is 379. The second-order valence-corrected chi connectivity index (χ2v) is 3.45. The fraction of sp³-hybridized carbons (Fsp3) is 0.273. The van der Waals surface area contributed by atoms with Gasteiger partial charge in [0, 0.05) is 5.56 Å². The summed E-state index contributed by atoms with van der Waals surface area (Å²) in [5, 5.41) is 10.7. The maximum absolute atomic E-state index is 11.5. The number of carbonyl (C=O) groups excluding carboxylic acids is 1. The largest absolute Gasteiger partial charge is 0.480 e. The number of carbonyl (C=O) groups is 2. The zero-order valence-corrected chi connectivity index (χ0v) is 8.70. The number of hydrogen-bond donors (Lipinski definition) is 2. The van der Waals surface area contributed by atoms with Gasteiger partial charge in [-0.2, -0.15) is 0 Å². The monoisotopic (exact) mass is 207 g/mol. The van der Waals surface area contributed by atoms with Crippen molar-refractivity contribution in [3.63, 3.8) is 0 Å². The predicted octanol–water partition coefficient (Wildman–Crippen LogP) is 1.12. The molecule has 1 aromatic carbocycles. The molecule has 4 heteroatoms. The van der Waals surface area contributed by atoms with Gasteiger partial charge < -0.3 is 10.4 Å². The molecule has 1 aromatic rings. The molecule has 0 aromatic heterocycles. The summed E-state index contributed by atoms with van der Waals surface area (Å²) in [5.74, 6) is -1.41. The Kier molecular flexibility index (Phi) is 3.44. The van der Waals surface area contributed by atoms with E-state index in [0.717, 1.165) is 11.1 Å². The maximum atomic E-state index is 11.5. The van der Waals surface area contributed by atoms with Crippen molar-refractivity contribution in [1.29, 1.82) is 0 Å². The van der Waals surface area contributed by atoms with Gasteiger partial charge in [0.05, 0.1) is 0 Å². The topological polar surface area (TPSA) is 66.4 Å². The Morgan fingerprint density at radius 1 is 1.20 bits per heavy atom. The molecular weight excluding hydrogens is 194 g/mol. The first-order valence-electron chi connectivity index (χ1n) is 4.57. The van der Waals surface area contributed by atoms with E-state index in [9.17, 15) is 9.59 Å². The van der Waals surface area contributed by atoms with Crippen molar-refractivity contribution in [3.05, 3.63) is 34.9 Å². The molecule has 80 valence electrons. The van der Waals surface area contributed by atoms with Crippen LogP contribution in [-0.2, 0) is 4.79 Å². The number of rotatable bonds is 3. The molecule has 0 unspecified atom stereocenters. The third-order valence-corrected chi connectivity index (χ3v) is 1.88. The molecule has 0 fully saturated rings. The molecule has 0 spiro atoms. The molecule has 0 aliphatic carbocycles. The lowest BCUT2D eigenvalue weighted by Gasteiger charge is -2.04. The minimum absolute atomic E-state index is 0.355. The number of aliphatic carboxylic acids is 1. The number of benzene rings is 1. The molecule has 0 atom stereocenters. The van der Waals surface area contributed by atoms with Crippen LogP contribution < -0.4 is 5.32 Å². The van der Waals surface area contributed by atoms with E-state index in [1.807, 2.05) is 19.9 Å². The van der Waals surface area contributed by atoms with Gasteiger partial charge in [0.15, 0.2) is 0 Å². The van der Waals surface area contributed by atoms with Crippen molar-refractivity contribution in [2.45, 2.75) is 13.8 Å². The Hall–Kier alpha value is -1.84. The quantitative estimate of drug-likeness (QED) is 0.780. The van der Waals surface area contributed by atoms with Crippen LogP contribution in [-0.4, -0.2) is 23.5 Å². The van der Waals surface area contributed by atoms with E-state index in [4.69, 9.17) is 5.11 Å². The number of nitrogens with one attached hydrogen (secondary N) is 1. The standard InChI is InChI=1S/C11H13NO3/c1-7-3-8(2)5-9(4-7)11(15)12-6-10(13)14/h3-5H,6H2,1-2H3,(H,12,15)(H,13,14). The molecule has 15 heavy (non-hydrogen) atoms. The highest BCUT2D eigenvalue weighted by Crippen LogP contribution is 2.08. The van der Waals surface area contributed by atoms with Crippen molar-refractivity contribution >= 4 is 11.9 Å². The summed E-state index contributed by atoms with van der Waals surface area (Å²) in [6, 6.07) is 5.41. The van der Waals surface area contributed by atoms with Crippen molar-refractivity contribution in [1.82, 2.24) is 5.32 Å². The first kappa shape index (κ1) is 11.2. The molecule has 1 rings (SSSR count). The van der Waals surface area contributed by atoms with Gasteiger partial charge in [-0.25, -0.2) is 0 Å². The molecule has 0 aliphatic heterocycles. The van der Waals surface area contributed by atoms with E-state index < -0.39 is 5.97 Å². The molecule has 4 nitrogen and oxygen atoms in total. The molecule has 0 saturated heterocycles. The number of carboxylic acid groups (broad SMARTS) is 1. The number of hydrogen-bond acceptors (Lipinski definition) is 2. The van der Waals surface area contributed by atoms with Crippen LogP contribution in [0.1, 0.15) is 21.5 Å². The lowest BCUT2D eigenvalue weighted by molar-refractivity contribution is -0.135. The van der Waals surface area contributed by atoms with Crippen molar-refractivity contribution < 1.29 is 14.7 Å². The van der Waals surface area contributed by atoms with Crippen molar-refractivity contribution in [3.8, 4) is 0 Å². The summed E-state index contributed by atoms with van der Waals surface area (Å²) < 4.78 is 0. The molecule has 0 bridgehead atoms. The smallest absolute Gasteiger partial charge is 0.322 e. The van der Waals surface area contributed by atoms with E-state index in [0.29, 0.717) is 5.56 Å². The van der Waals surface area contributed by atoms with E-state index in [-0.39, 0.29) is 12.5 Å². The second kappa shape index (κ2) is 4.59. The van der Waals surface area contributed by atoms with E-state index in [1.54, 1.807) is 12.1 Å². The zero-order chi connectivity index (χ0) is 11.4. The molecule has 0 aliphatic rings. The number of aryl methyl sites for hydroxylation is 2. The van der Waals surface area contributed by atoms with Gasteiger partial charge in [-0.05, 0) is 26.0 Å². The van der Waals surface area contributed by atoms with Crippen LogP contribution in [0.25, 0.3) is 0 Å². The van der Waals surface area contributed by atoms with Crippen LogP contribution in [0.5, 0.6) is 0 Å². The van der Waals surface area contributed by atoms with Gasteiger partial charge in [0.1, 0.15) is 6.54 Å². The Balaban J connectivity index is 2.77. The number of amides is 1. The zero-order valence-electron chi connectivity index (χ0n) is 8.70. The molecule has 2 N–H and O–H groups in total. The van der Waals surface area contributed by atoms with Crippen LogP contribution in [0.3, 0.4) is 0 Å². The predicted molar refractivity (Wildman–Crippen MR) is 55.9 cm³/mol. The summed E-state index contributed by atoms with van der Waals surface area (Å²) >= 11 is 0. The van der Waals surface area contributed by atoms with Crippen molar-refractivity contribution in [2.75, 3.05) is 6.54 Å². The Morgan fingerprint density at radius 2 is 1.73 bits per heavy atom. The van der Waals surface area contributed by atoms with Crippen molar-refractivity contribution in [2.24, 2.45) is 0 Å². The normalized spacial score (nSPS) is 9.73. The summed E-state index contributed by atoms with van der Waals surface area (Å²) in [4.78, 5) is 21.7. The van der Waals surface area contributed by atoms with Gasteiger partial charge in [-0.3, -0.25) is 9.59 Å². The first-order valence-corrected chi connectivity index (χ1v) is 4.57. The van der Waals surface area contributed by atoms with E-state index >= 15 is 0 Å². The van der Waals surface area contributed by atoms with Crippen LogP contribution in [0.2, 0.25) is 0 Å². The van der Waals surface area contributed by atoms with Crippen LogP contribution in [0.4, 0.5) is 0 Å². The first-order chi connectivity index (χ1) is 6.99. The lowest BCUT2D eigenvalue weighted by Crippen LogP contribution is -2.29. The lowest BCUT2D eigenvalue weighted by atomic mass is 10.1. The summed E-state index contributed by atoms with van der Waals surface area (Å²) in [6.07, 6.45) is 0. The average molecular weight is 207 g/mol. The van der Waals surface area contributed by atoms with Gasteiger partial charge in [-0.15, -0.1) is 0 Å². The van der Waals surface area contributed by atoms with Gasteiger partial charge in [0.2, 0.25) is 0 Å². The molecule has 0 heterocycles. The van der Waals surface area contributed by atoms with Gasteiger partial charge >= 0.3 is 5.97 Å². The highest BCUT2D eigenvalue weighted by molar-refractivity contribution is 5.96. The Morgan fingerprint density at radius 3 is 2.20 bits per heavy atom. The summed E-state index contributed by atoms with van der Waals surface area (Å²) in [5.41, 5.74) is 2.46. The van der Waals surface area contributed by atoms with E-state index in [2.05, 4.69) is 5.32 Å². The van der Waals surface area contributed by atoms with Gasteiger partial charge in [-0.1, -0.05) is 17.2 Å². The van der Waals surface area contributed by atoms with E-state index in [1.165, 1.54) is 0 Å². The van der Waals surface area contributed by atoms with Gasteiger partial charge in [0.25, 0.3) is 5.91 Å². The fourth-order valence-corrected chi connectivity index (χ4v) is 1.36. The third kappa shape index (κ3) is 3.42. The van der Waals surface area contributed by atoms with Crippen LogP contribution in [0, 0.1) is 13.8 Å². The molecule has 0 saturated carbocycles. The average Bonchev–Trinajstić information content (AvgIpc) is 2.12. The minimum Gasteiger partial charge on any atom is -0.480 e. The molecular formula is C11H13NO3. The summed E-state index contributed by atoms with van der Waals surface area (Å²) in [6.45, 7) is 3.42. The highest BCUT2D eigenvalue weighted by Gasteiger charge is 2.07. The fourth-order valence-electron chi connectivity index (χ4n) is 1.36. The highest BCUT2D eigenvalue weighted by atomic mass is 16.4. The Labute approximate surface area is 87.9 Å². The third-order valence-electron chi connectivity index (χ3n) is 1.88. The number of carboxylic acids is 1. The molecule has 0 radical (unpaired) electrons. The van der Waals surface area contributed by atoms with Crippen LogP contribution >= 0.6 is 0 Å². The molecule has 1 amide bonds. The minimum atomic E-state index is -1.05. The summed E-state index contributed by atoms with van der Waals surface area (Å²) in [7, 11) is 0.